The molecule has 4 aliphatic rings. The minimum atomic E-state index is -4.67. The number of fused-ring (bicyclic) bond motifs is 4. The van der Waals surface area contributed by atoms with E-state index in [-0.39, 0.29) is 25.8 Å². The Morgan fingerprint density at radius 3 is 2.20 bits per heavy atom. The monoisotopic (exact) mass is 911 g/mol. The normalized spacial score (nSPS) is 26.4. The van der Waals surface area contributed by atoms with Gasteiger partial charge in [0, 0.05) is 31.8 Å². The highest BCUT2D eigenvalue weighted by Gasteiger charge is 2.76. The Hall–Kier alpha value is -4.14. The second-order valence-corrected chi connectivity index (χ2v) is 18.2. The number of hydroxylamine groups is 2. The molecule has 1 aromatic rings. The zero-order chi connectivity index (χ0) is 47.0. The van der Waals surface area contributed by atoms with Crippen LogP contribution in [0.25, 0.3) is 6.08 Å². The Morgan fingerprint density at radius 1 is 0.984 bits per heavy atom. The number of hydrogen-bond acceptors (Lipinski definition) is 14. The van der Waals surface area contributed by atoms with Gasteiger partial charge in [-0.15, -0.1) is 0 Å². The maximum Gasteiger partial charge on any atom is 0.422 e. The maximum absolute atomic E-state index is 15.1. The topological polar surface area (TPSA) is 208 Å². The summed E-state index contributed by atoms with van der Waals surface area (Å²) in [5.41, 5.74) is -1.43. The first kappa shape index (κ1) is 50.9. The van der Waals surface area contributed by atoms with Gasteiger partial charge >= 0.3 is 24.1 Å². The molecule has 0 unspecified atom stereocenters. The minimum absolute atomic E-state index is 0.00642. The number of benzene rings is 1. The minimum Gasteiger partial charge on any atom is -0.460 e. The van der Waals surface area contributed by atoms with Gasteiger partial charge in [0.25, 0.3) is 0 Å². The van der Waals surface area contributed by atoms with E-state index in [0.29, 0.717) is 24.0 Å². The molecule has 2 amide bonds. The number of aliphatic hydroxyl groups is 2. The summed E-state index contributed by atoms with van der Waals surface area (Å²) >= 11 is 0. The number of nitrogens with one attached hydrogen (secondary N) is 2. The summed E-state index contributed by atoms with van der Waals surface area (Å²) in [5.74, 6) is -5.16. The molecular weight excluding hydrogens is 847 g/mol. The number of hydrogen-bond donors (Lipinski definition) is 4. The molecule has 0 aromatic heterocycles. The smallest absolute Gasteiger partial charge is 0.422 e. The molecule has 2 bridgehead atoms. The Labute approximate surface area is 371 Å². The highest BCUT2D eigenvalue weighted by Crippen LogP contribution is 2.58. The van der Waals surface area contributed by atoms with Gasteiger partial charge in [-0.1, -0.05) is 63.8 Å². The third-order valence-corrected chi connectivity index (χ3v) is 11.8. The van der Waals surface area contributed by atoms with Crippen LogP contribution >= 0.6 is 0 Å². The highest BCUT2D eigenvalue weighted by atomic mass is 19.4. The van der Waals surface area contributed by atoms with Crippen LogP contribution in [0.4, 0.5) is 13.2 Å². The van der Waals surface area contributed by atoms with Crippen molar-refractivity contribution >= 4 is 35.8 Å². The summed E-state index contributed by atoms with van der Waals surface area (Å²) in [7, 11) is 0. The van der Waals surface area contributed by atoms with Crippen molar-refractivity contribution in [3.05, 3.63) is 41.5 Å². The summed E-state index contributed by atoms with van der Waals surface area (Å²) in [5, 5.41) is 27.7. The molecule has 1 aromatic carbocycles. The molecule has 4 fully saturated rings. The van der Waals surface area contributed by atoms with E-state index in [9.17, 15) is 42.6 Å². The van der Waals surface area contributed by atoms with Crippen molar-refractivity contribution < 1.29 is 75.9 Å². The second-order valence-electron chi connectivity index (χ2n) is 18.2. The molecule has 4 N–H and O–H groups in total. The first-order chi connectivity index (χ1) is 30.1. The zero-order valence-electron chi connectivity index (χ0n) is 37.4. The largest absolute Gasteiger partial charge is 0.460 e. The second kappa shape index (κ2) is 21.4. The zero-order valence-corrected chi connectivity index (χ0v) is 37.4. The lowest BCUT2D eigenvalue weighted by molar-refractivity contribution is -0.224. The van der Waals surface area contributed by atoms with Gasteiger partial charge < -0.3 is 44.5 Å². The Kier molecular flexibility index (Phi) is 17.0. The van der Waals surface area contributed by atoms with Crippen molar-refractivity contribution in [1.29, 1.82) is 0 Å². The Morgan fingerprint density at radius 2 is 1.62 bits per heavy atom. The third kappa shape index (κ3) is 12.6. The first-order valence-corrected chi connectivity index (χ1v) is 22.3. The lowest BCUT2D eigenvalue weighted by Gasteiger charge is -2.49. The van der Waals surface area contributed by atoms with Crippen molar-refractivity contribution in [2.45, 2.75) is 185 Å². The van der Waals surface area contributed by atoms with Gasteiger partial charge in [0.15, 0.2) is 18.4 Å². The van der Waals surface area contributed by atoms with Crippen LogP contribution in [0, 0.1) is 5.41 Å². The number of ether oxygens (including phenoxy) is 5. The van der Waals surface area contributed by atoms with Crippen LogP contribution in [0.1, 0.15) is 123 Å². The molecule has 3 saturated heterocycles. The fourth-order valence-electron chi connectivity index (χ4n) is 8.84. The SMILES string of the molecule is CCCCCC1(CCCCC)O[C@@H]2[C@H](O1)[C@H]1ON(Cc3ccc(C=CC(=O)OCC(F)(F)F)cc3)[C@@H]3C(=O)O[C@@H]2C[C@]13C(=O)N[C@@H](C(=O)N[C@H](CO)CCC(=O)OC(C)(C)C)[C@H](C)O. The number of carbonyl (C=O) groups is 5. The predicted molar refractivity (Wildman–Crippen MR) is 222 cm³/mol. The molecule has 19 heteroatoms. The van der Waals surface area contributed by atoms with Crippen molar-refractivity contribution in [3.63, 3.8) is 0 Å². The van der Waals surface area contributed by atoms with Crippen LogP contribution in [0.15, 0.2) is 30.3 Å². The van der Waals surface area contributed by atoms with Gasteiger partial charge in [-0.2, -0.15) is 18.2 Å². The number of amides is 2. The number of alkyl halides is 3. The molecule has 1 saturated carbocycles. The van der Waals surface area contributed by atoms with Crippen LogP contribution in [-0.4, -0.2) is 124 Å². The molecule has 9 atom stereocenters. The summed E-state index contributed by atoms with van der Waals surface area (Å²) in [4.78, 5) is 74.0. The van der Waals surface area contributed by atoms with E-state index in [1.165, 1.54) is 18.1 Å². The summed E-state index contributed by atoms with van der Waals surface area (Å²) in [6.45, 7) is 8.27. The van der Waals surface area contributed by atoms with Crippen molar-refractivity contribution in [1.82, 2.24) is 15.7 Å². The lowest BCUT2D eigenvalue weighted by atomic mass is 9.62. The van der Waals surface area contributed by atoms with Crippen LogP contribution in [-0.2, 0) is 59.0 Å². The van der Waals surface area contributed by atoms with E-state index in [1.54, 1.807) is 45.0 Å². The molecule has 358 valence electrons. The summed E-state index contributed by atoms with van der Waals surface area (Å²) in [6.07, 6.45) is -1.44. The van der Waals surface area contributed by atoms with E-state index in [1.807, 2.05) is 0 Å². The molecular formula is C45H64F3N3O13. The number of aliphatic hydroxyl groups excluding tert-OH is 2. The first-order valence-electron chi connectivity index (χ1n) is 22.3. The average Bonchev–Trinajstić information content (AvgIpc) is 3.77. The fourth-order valence-corrected chi connectivity index (χ4v) is 8.84. The maximum atomic E-state index is 15.1. The molecule has 16 nitrogen and oxygen atoms in total. The van der Waals surface area contributed by atoms with E-state index in [4.69, 9.17) is 23.8 Å². The van der Waals surface area contributed by atoms with Gasteiger partial charge in [-0.3, -0.25) is 24.0 Å². The van der Waals surface area contributed by atoms with Crippen LogP contribution < -0.4 is 10.6 Å². The van der Waals surface area contributed by atoms with Gasteiger partial charge in [0.05, 0.1) is 25.3 Å². The predicted octanol–water partition coefficient (Wildman–Crippen LogP) is 4.71. The summed E-state index contributed by atoms with van der Waals surface area (Å²) < 4.78 is 66.8. The third-order valence-electron chi connectivity index (χ3n) is 11.8. The lowest BCUT2D eigenvalue weighted by Crippen LogP contribution is -2.71. The number of unbranched alkanes of at least 4 members (excludes halogenated alkanes) is 4. The van der Waals surface area contributed by atoms with Crippen LogP contribution in [0.5, 0.6) is 0 Å². The van der Waals surface area contributed by atoms with Gasteiger partial charge in [-0.05, 0) is 64.2 Å². The summed E-state index contributed by atoms with van der Waals surface area (Å²) in [6, 6.07) is 2.60. The van der Waals surface area contributed by atoms with Crippen molar-refractivity contribution in [2.24, 2.45) is 5.41 Å². The van der Waals surface area contributed by atoms with Crippen LogP contribution in [0.2, 0.25) is 0 Å². The average molecular weight is 912 g/mol. The number of carbonyl (C=O) groups excluding carboxylic acids is 5. The Balaban J connectivity index is 1.43. The van der Waals surface area contributed by atoms with E-state index in [0.717, 1.165) is 44.6 Å². The standard InChI is InChI=1S/C45H64F3N3O13/c1-7-9-11-21-43(22-12-10-8-2)62-35-31-23-44(41(58)50-34(27(3)53)39(56)49-30(25-52)18-20-33(55)61-42(4,5)6)37(40(57)60-31)51(64-38(44)36(35)63-43)24-29-15-13-28(14-16-29)17-19-32(54)59-26-45(46,47)48/h13-17,19,27,30-31,34-38,52-53H,7-12,18,20-26H2,1-6H3,(H,49,56)(H,50,58)/t27-,30-,31+,34+,35-,36-,37+,38+,44+/m0/s1. The molecule has 5 rings (SSSR count). The fraction of sp³-hybridized carbons (Fsp3) is 0.711. The van der Waals surface area contributed by atoms with E-state index in [2.05, 4.69) is 29.2 Å². The van der Waals surface area contributed by atoms with E-state index < -0.39 is 115 Å². The molecule has 0 radical (unpaired) electrons. The van der Waals surface area contributed by atoms with Crippen molar-refractivity contribution in [2.75, 3.05) is 13.2 Å². The molecule has 64 heavy (non-hydrogen) atoms. The molecule has 0 spiro atoms. The van der Waals surface area contributed by atoms with E-state index >= 15 is 4.79 Å². The Bertz CT molecular complexity index is 1810. The highest BCUT2D eigenvalue weighted by molar-refractivity contribution is 5.96. The molecule has 3 aliphatic heterocycles. The quantitative estimate of drug-likeness (QED) is 0.0538. The number of halogens is 3. The molecule has 3 heterocycles. The number of esters is 3. The van der Waals surface area contributed by atoms with Crippen molar-refractivity contribution in [3.8, 4) is 0 Å². The molecule has 1 aliphatic carbocycles. The number of rotatable bonds is 22. The number of nitrogens with zero attached hydrogens (tertiary/aromatic N) is 1. The van der Waals surface area contributed by atoms with Gasteiger partial charge in [-0.25, -0.2) is 4.79 Å². The van der Waals surface area contributed by atoms with Gasteiger partial charge in [0.2, 0.25) is 11.8 Å². The van der Waals surface area contributed by atoms with Gasteiger partial charge in [0.1, 0.15) is 41.5 Å². The van der Waals surface area contributed by atoms with Crippen LogP contribution in [0.3, 0.4) is 0 Å².